The third-order valence-electron chi connectivity index (χ3n) is 8.07. The maximum Gasteiger partial charge on any atom is 0.259 e. The molecule has 2 N–H and O–H groups in total. The molecule has 46 heavy (non-hydrogen) atoms. The number of carbonyl (C=O) groups is 1. The molecule has 3 heterocycles. The largest absolute Gasteiger partial charge is 0.496 e. The highest BCUT2D eigenvalue weighted by atomic mass is 35.5. The number of benzene rings is 2. The molecule has 1 amide bonds. The number of aromatic nitrogens is 2. The highest BCUT2D eigenvalue weighted by Crippen LogP contribution is 2.46. The van der Waals surface area contributed by atoms with Crippen molar-refractivity contribution in [2.75, 3.05) is 44.6 Å². The SMILES string of the molecule is C=CC(=O)Nc1cc(-c2cc3c(cn2)cc(-c2c(Cl)c(OC)cc(OC)c2Cl)c(=O)n3CC)c(OC)cc1N1C[C@@H](C)N[C@@H](C)C1. The second-order valence-corrected chi connectivity index (χ2v) is 11.9. The summed E-state index contributed by atoms with van der Waals surface area (Å²) in [6, 6.07) is 9.40. The van der Waals surface area contributed by atoms with Gasteiger partial charge in [0, 0.05) is 66.6 Å². The number of anilines is 2. The molecule has 12 heteroatoms. The van der Waals surface area contributed by atoms with E-state index in [1.54, 1.807) is 30.0 Å². The minimum Gasteiger partial charge on any atom is -0.496 e. The predicted octanol–water partition coefficient (Wildman–Crippen LogP) is 6.39. The Morgan fingerprint density at radius 3 is 2.20 bits per heavy atom. The molecule has 0 bridgehead atoms. The minimum atomic E-state index is -0.334. The Morgan fingerprint density at radius 2 is 1.63 bits per heavy atom. The smallest absolute Gasteiger partial charge is 0.259 e. The van der Waals surface area contributed by atoms with Crippen LogP contribution in [0.25, 0.3) is 33.3 Å². The molecule has 10 nitrogen and oxygen atoms in total. The number of ether oxygens (including phenoxy) is 3. The van der Waals surface area contributed by atoms with Crippen LogP contribution in [-0.4, -0.2) is 62.0 Å². The molecule has 0 radical (unpaired) electrons. The van der Waals surface area contributed by atoms with Crippen molar-refractivity contribution in [2.45, 2.75) is 39.4 Å². The van der Waals surface area contributed by atoms with Gasteiger partial charge >= 0.3 is 0 Å². The van der Waals surface area contributed by atoms with Crippen LogP contribution in [-0.2, 0) is 11.3 Å². The summed E-state index contributed by atoms with van der Waals surface area (Å²) in [6.07, 6.45) is 2.92. The first kappa shape index (κ1) is 33.1. The molecule has 1 fully saturated rings. The molecule has 0 saturated carbocycles. The van der Waals surface area contributed by atoms with E-state index in [1.165, 1.54) is 20.3 Å². The number of fused-ring (bicyclic) bond motifs is 1. The third-order valence-corrected chi connectivity index (χ3v) is 8.82. The van der Waals surface area contributed by atoms with Crippen LogP contribution in [0.3, 0.4) is 0 Å². The van der Waals surface area contributed by atoms with E-state index in [9.17, 15) is 9.59 Å². The lowest BCUT2D eigenvalue weighted by molar-refractivity contribution is -0.111. The molecular formula is C34H37Cl2N5O5. The van der Waals surface area contributed by atoms with Crippen molar-refractivity contribution in [3.63, 3.8) is 0 Å². The molecule has 1 aliphatic rings. The number of piperazine rings is 1. The van der Waals surface area contributed by atoms with Gasteiger partial charge in [-0.15, -0.1) is 0 Å². The van der Waals surface area contributed by atoms with E-state index in [1.807, 2.05) is 25.1 Å². The Labute approximate surface area is 277 Å². The zero-order chi connectivity index (χ0) is 33.3. The van der Waals surface area contributed by atoms with Gasteiger partial charge in [0.2, 0.25) is 5.91 Å². The van der Waals surface area contributed by atoms with E-state index < -0.39 is 0 Å². The number of amides is 1. The minimum absolute atomic E-state index is 0.198. The third kappa shape index (κ3) is 6.12. The monoisotopic (exact) mass is 665 g/mol. The van der Waals surface area contributed by atoms with Gasteiger partial charge < -0.3 is 34.3 Å². The first-order valence-corrected chi connectivity index (χ1v) is 15.6. The fraction of sp³-hybridized carbons (Fsp3) is 0.324. The quantitative estimate of drug-likeness (QED) is 0.198. The van der Waals surface area contributed by atoms with Gasteiger partial charge in [0.1, 0.15) is 17.2 Å². The molecule has 5 rings (SSSR count). The van der Waals surface area contributed by atoms with E-state index >= 15 is 0 Å². The number of nitrogens with zero attached hydrogens (tertiary/aromatic N) is 3. The van der Waals surface area contributed by atoms with Gasteiger partial charge in [-0.2, -0.15) is 0 Å². The number of aryl methyl sites for hydroxylation is 1. The van der Waals surface area contributed by atoms with Gasteiger partial charge in [-0.3, -0.25) is 14.6 Å². The van der Waals surface area contributed by atoms with Gasteiger partial charge in [-0.25, -0.2) is 0 Å². The molecule has 242 valence electrons. The summed E-state index contributed by atoms with van der Waals surface area (Å²) >= 11 is 13.4. The lowest BCUT2D eigenvalue weighted by atomic mass is 10.0. The maximum atomic E-state index is 14.0. The van der Waals surface area contributed by atoms with Gasteiger partial charge in [-0.1, -0.05) is 29.8 Å². The van der Waals surface area contributed by atoms with Crippen LogP contribution < -0.4 is 35.3 Å². The molecule has 2 atom stereocenters. The second-order valence-electron chi connectivity index (χ2n) is 11.2. The van der Waals surface area contributed by atoms with Crippen LogP contribution in [0.2, 0.25) is 10.0 Å². The van der Waals surface area contributed by atoms with E-state index in [4.69, 9.17) is 42.4 Å². The number of hydrogen-bond acceptors (Lipinski definition) is 8. The topological polar surface area (TPSA) is 107 Å². The molecular weight excluding hydrogens is 629 g/mol. The fourth-order valence-corrected chi connectivity index (χ4v) is 6.75. The van der Waals surface area contributed by atoms with Gasteiger partial charge in [0.05, 0.1) is 59.5 Å². The zero-order valence-electron chi connectivity index (χ0n) is 26.7. The van der Waals surface area contributed by atoms with E-state index in [-0.39, 0.29) is 39.2 Å². The molecule has 2 aromatic heterocycles. The number of nitrogens with one attached hydrogen (secondary N) is 2. The number of halogens is 2. The van der Waals surface area contributed by atoms with Crippen LogP contribution in [0.4, 0.5) is 11.4 Å². The molecule has 2 aromatic carbocycles. The van der Waals surface area contributed by atoms with Crippen LogP contribution in [0.15, 0.2) is 54.0 Å². The number of hydrogen-bond donors (Lipinski definition) is 2. The Kier molecular flexibility index (Phi) is 9.81. The normalized spacial score (nSPS) is 16.3. The highest BCUT2D eigenvalue weighted by molar-refractivity contribution is 6.41. The molecule has 1 saturated heterocycles. The average molecular weight is 667 g/mol. The zero-order valence-corrected chi connectivity index (χ0v) is 28.2. The van der Waals surface area contributed by atoms with Gasteiger partial charge in [-0.05, 0) is 45.0 Å². The summed E-state index contributed by atoms with van der Waals surface area (Å²) < 4.78 is 18.4. The van der Waals surface area contributed by atoms with Crippen LogP contribution in [0.5, 0.6) is 17.2 Å². The summed E-state index contributed by atoms with van der Waals surface area (Å²) in [5.41, 5.74) is 3.58. The van der Waals surface area contributed by atoms with E-state index in [2.05, 4.69) is 36.0 Å². The van der Waals surface area contributed by atoms with Crippen molar-refractivity contribution in [3.05, 3.63) is 69.6 Å². The van der Waals surface area contributed by atoms with Gasteiger partial charge in [0.25, 0.3) is 5.56 Å². The summed E-state index contributed by atoms with van der Waals surface area (Å²) in [6.45, 7) is 11.6. The number of methoxy groups -OCH3 is 3. The number of pyridine rings is 2. The van der Waals surface area contributed by atoms with Crippen molar-refractivity contribution < 1.29 is 19.0 Å². The number of carbonyl (C=O) groups excluding carboxylic acids is 1. The fourth-order valence-electron chi connectivity index (χ4n) is 6.04. The number of rotatable bonds is 9. The molecule has 0 aliphatic carbocycles. The second kappa shape index (κ2) is 13.6. The Morgan fingerprint density at radius 1 is 1.00 bits per heavy atom. The Balaban J connectivity index is 1.70. The average Bonchev–Trinajstić information content (AvgIpc) is 3.04. The van der Waals surface area contributed by atoms with Crippen LogP contribution >= 0.6 is 23.2 Å². The van der Waals surface area contributed by atoms with Crippen molar-refractivity contribution in [1.29, 1.82) is 0 Å². The van der Waals surface area contributed by atoms with E-state index in [0.29, 0.717) is 57.2 Å². The molecule has 0 spiro atoms. The molecule has 4 aromatic rings. The first-order chi connectivity index (χ1) is 22.0. The summed E-state index contributed by atoms with van der Waals surface area (Å²) in [7, 11) is 4.56. The van der Waals surface area contributed by atoms with E-state index in [0.717, 1.165) is 18.8 Å². The standard InChI is InChI=1S/C34H37Cl2N5O5/c1-8-30(42)39-24-11-21(27(44-5)13-26(24)40-16-18(3)38-19(4)17-40)23-12-25-20(15-37-23)10-22(34(43)41(25)9-2)31-32(35)28(45-6)14-29(46-7)33(31)36/h8,10-15,18-19,38H,1,9,16-17H2,2-7H3,(H,39,42)/t18-,19+. The van der Waals surface area contributed by atoms with Crippen molar-refractivity contribution in [2.24, 2.45) is 0 Å². The lowest BCUT2D eigenvalue weighted by Crippen LogP contribution is -2.54. The van der Waals surface area contributed by atoms with Gasteiger partial charge in [0.15, 0.2) is 0 Å². The predicted molar refractivity (Wildman–Crippen MR) is 185 cm³/mol. The first-order valence-electron chi connectivity index (χ1n) is 14.9. The lowest BCUT2D eigenvalue weighted by Gasteiger charge is -2.38. The highest BCUT2D eigenvalue weighted by Gasteiger charge is 2.26. The Hall–Kier alpha value is -4.25. The van der Waals surface area contributed by atoms with Crippen molar-refractivity contribution in [1.82, 2.24) is 14.9 Å². The van der Waals surface area contributed by atoms with Crippen LogP contribution in [0, 0.1) is 0 Å². The van der Waals surface area contributed by atoms with Crippen LogP contribution in [0.1, 0.15) is 20.8 Å². The summed E-state index contributed by atoms with van der Waals surface area (Å²) in [5, 5.41) is 7.59. The summed E-state index contributed by atoms with van der Waals surface area (Å²) in [5.74, 6) is 0.891. The summed E-state index contributed by atoms with van der Waals surface area (Å²) in [4.78, 5) is 33.6. The van der Waals surface area contributed by atoms with Crippen molar-refractivity contribution in [3.8, 4) is 39.6 Å². The molecule has 0 unspecified atom stereocenters. The molecule has 1 aliphatic heterocycles. The Bertz CT molecular complexity index is 1850. The maximum absolute atomic E-state index is 14.0. The van der Waals surface area contributed by atoms with Crippen molar-refractivity contribution >= 4 is 51.4 Å².